The highest BCUT2D eigenvalue weighted by Gasteiger charge is 2.17. The molecule has 7 heteroatoms. The van der Waals surface area contributed by atoms with Gasteiger partial charge in [0.25, 0.3) is 10.1 Å². The van der Waals surface area contributed by atoms with E-state index in [-0.39, 0.29) is 10.8 Å². The molecule has 0 saturated carbocycles. The molecule has 1 saturated heterocycles. The first-order valence-corrected chi connectivity index (χ1v) is 7.30. The van der Waals surface area contributed by atoms with Gasteiger partial charge in [0.15, 0.2) is 0 Å². The summed E-state index contributed by atoms with van der Waals surface area (Å²) in [5.74, 6) is 0.201. The molecular formula is C12H18N2O4S. The number of likely N-dealkylation sites (tertiary alicyclic amines) is 1. The second-order valence-corrected chi connectivity index (χ2v) is 5.65. The summed E-state index contributed by atoms with van der Waals surface area (Å²) in [6.45, 7) is 3.09. The van der Waals surface area contributed by atoms with Crippen molar-refractivity contribution in [2.45, 2.75) is 24.7 Å². The normalized spacial score (nSPS) is 15.1. The van der Waals surface area contributed by atoms with Gasteiger partial charge in [-0.15, -0.1) is 0 Å². The lowest BCUT2D eigenvalue weighted by molar-refractivity contribution is -0.127. The SMILES string of the molecule is Cc1ccc(S(=O)(=O)O)cc1.NCN1CCCC1=O. The molecule has 1 aliphatic heterocycles. The van der Waals surface area contributed by atoms with Gasteiger partial charge in [0, 0.05) is 13.0 Å². The number of nitrogens with zero attached hydrogens (tertiary/aromatic N) is 1. The lowest BCUT2D eigenvalue weighted by atomic mass is 10.2. The van der Waals surface area contributed by atoms with Crippen molar-refractivity contribution in [2.24, 2.45) is 5.73 Å². The Morgan fingerprint density at radius 3 is 2.21 bits per heavy atom. The molecule has 0 radical (unpaired) electrons. The van der Waals surface area contributed by atoms with Gasteiger partial charge in [-0.05, 0) is 25.5 Å². The van der Waals surface area contributed by atoms with Crippen LogP contribution < -0.4 is 5.73 Å². The Morgan fingerprint density at radius 1 is 1.32 bits per heavy atom. The van der Waals surface area contributed by atoms with E-state index in [4.69, 9.17) is 10.3 Å². The van der Waals surface area contributed by atoms with Crippen molar-refractivity contribution >= 4 is 16.0 Å². The first kappa shape index (κ1) is 15.6. The number of amides is 1. The zero-order valence-electron chi connectivity index (χ0n) is 10.7. The van der Waals surface area contributed by atoms with Crippen LogP contribution in [0.2, 0.25) is 0 Å². The van der Waals surface area contributed by atoms with Crippen LogP contribution in [0, 0.1) is 6.92 Å². The lowest BCUT2D eigenvalue weighted by Crippen LogP contribution is -2.30. The summed E-state index contributed by atoms with van der Waals surface area (Å²) in [6.07, 6.45) is 1.67. The summed E-state index contributed by atoms with van der Waals surface area (Å²) in [6, 6.07) is 5.99. The summed E-state index contributed by atoms with van der Waals surface area (Å²) < 4.78 is 29.6. The molecular weight excluding hydrogens is 268 g/mol. The molecule has 0 bridgehead atoms. The summed E-state index contributed by atoms with van der Waals surface area (Å²) in [5.41, 5.74) is 6.19. The fourth-order valence-electron chi connectivity index (χ4n) is 1.61. The average Bonchev–Trinajstić information content (AvgIpc) is 2.75. The molecule has 0 aromatic heterocycles. The van der Waals surface area contributed by atoms with Gasteiger partial charge >= 0.3 is 0 Å². The minimum absolute atomic E-state index is 0.0666. The Balaban J connectivity index is 0.000000200. The van der Waals surface area contributed by atoms with E-state index in [0.717, 1.165) is 18.5 Å². The predicted molar refractivity (Wildman–Crippen MR) is 71.0 cm³/mol. The highest BCUT2D eigenvalue weighted by atomic mass is 32.2. The van der Waals surface area contributed by atoms with E-state index in [9.17, 15) is 13.2 Å². The molecule has 0 atom stereocenters. The van der Waals surface area contributed by atoms with Gasteiger partial charge in [0.2, 0.25) is 5.91 Å². The Kier molecular flexibility index (Phi) is 5.46. The van der Waals surface area contributed by atoms with Crippen LogP contribution in [0.3, 0.4) is 0 Å². The van der Waals surface area contributed by atoms with Crippen LogP contribution in [0.15, 0.2) is 29.2 Å². The quantitative estimate of drug-likeness (QED) is 0.782. The molecule has 1 aliphatic rings. The molecule has 2 rings (SSSR count). The first-order valence-electron chi connectivity index (χ1n) is 5.86. The van der Waals surface area contributed by atoms with Crippen LogP contribution in [0.1, 0.15) is 18.4 Å². The van der Waals surface area contributed by atoms with Crippen LogP contribution in [0.4, 0.5) is 0 Å². The van der Waals surface area contributed by atoms with Gasteiger partial charge in [0.1, 0.15) is 0 Å². The zero-order chi connectivity index (χ0) is 14.5. The minimum atomic E-state index is -4.02. The Morgan fingerprint density at radius 2 is 1.89 bits per heavy atom. The molecule has 1 fully saturated rings. The van der Waals surface area contributed by atoms with Gasteiger partial charge in [0.05, 0.1) is 11.6 Å². The number of nitrogens with two attached hydrogens (primary N) is 1. The molecule has 0 aliphatic carbocycles. The summed E-state index contributed by atoms with van der Waals surface area (Å²) in [7, 11) is -4.02. The van der Waals surface area contributed by atoms with Crippen molar-refractivity contribution < 1.29 is 17.8 Å². The van der Waals surface area contributed by atoms with Crippen molar-refractivity contribution in [1.82, 2.24) is 4.90 Å². The van der Waals surface area contributed by atoms with Gasteiger partial charge in [-0.2, -0.15) is 8.42 Å². The van der Waals surface area contributed by atoms with Crippen molar-refractivity contribution in [2.75, 3.05) is 13.2 Å². The molecule has 0 unspecified atom stereocenters. The molecule has 19 heavy (non-hydrogen) atoms. The number of benzene rings is 1. The third kappa shape index (κ3) is 4.98. The molecule has 106 valence electrons. The number of carbonyl (C=O) groups is 1. The Hall–Kier alpha value is -1.44. The van der Waals surface area contributed by atoms with E-state index >= 15 is 0 Å². The highest BCUT2D eigenvalue weighted by molar-refractivity contribution is 7.85. The summed E-state index contributed by atoms with van der Waals surface area (Å²) in [4.78, 5) is 12.3. The second-order valence-electron chi connectivity index (χ2n) is 4.23. The maximum absolute atomic E-state index is 10.7. The number of hydrogen-bond acceptors (Lipinski definition) is 4. The summed E-state index contributed by atoms with van der Waals surface area (Å²) in [5, 5.41) is 0. The molecule has 1 amide bonds. The molecule has 6 nitrogen and oxygen atoms in total. The first-order chi connectivity index (χ1) is 8.84. The van der Waals surface area contributed by atoms with E-state index < -0.39 is 10.1 Å². The molecule has 1 heterocycles. The van der Waals surface area contributed by atoms with Crippen LogP contribution in [-0.4, -0.2) is 37.0 Å². The molecule has 1 aromatic carbocycles. The van der Waals surface area contributed by atoms with Gasteiger partial charge in [-0.3, -0.25) is 9.35 Å². The topological polar surface area (TPSA) is 101 Å². The number of rotatable bonds is 2. The van der Waals surface area contributed by atoms with E-state index in [0.29, 0.717) is 13.1 Å². The third-order valence-electron chi connectivity index (χ3n) is 2.71. The van der Waals surface area contributed by atoms with E-state index in [1.165, 1.54) is 12.1 Å². The third-order valence-corrected chi connectivity index (χ3v) is 3.58. The van der Waals surface area contributed by atoms with Crippen LogP contribution in [0.25, 0.3) is 0 Å². The average molecular weight is 286 g/mol. The number of hydrogen-bond donors (Lipinski definition) is 2. The fourth-order valence-corrected chi connectivity index (χ4v) is 2.09. The van der Waals surface area contributed by atoms with Crippen molar-refractivity contribution in [3.8, 4) is 0 Å². The van der Waals surface area contributed by atoms with Crippen molar-refractivity contribution in [1.29, 1.82) is 0 Å². The standard InChI is InChI=1S/C7H8O3S.C5H10N2O/c1-6-2-4-7(5-3-6)11(8,9)10;6-4-7-3-1-2-5(7)8/h2-5H,1H3,(H,8,9,10);1-4,6H2. The smallest absolute Gasteiger partial charge is 0.294 e. The van der Waals surface area contributed by atoms with Crippen LogP contribution in [-0.2, 0) is 14.9 Å². The Bertz CT molecular complexity index is 525. The van der Waals surface area contributed by atoms with E-state index in [1.807, 2.05) is 6.92 Å². The maximum Gasteiger partial charge on any atom is 0.294 e. The minimum Gasteiger partial charge on any atom is -0.330 e. The van der Waals surface area contributed by atoms with Crippen molar-refractivity contribution in [3.05, 3.63) is 29.8 Å². The largest absolute Gasteiger partial charge is 0.330 e. The van der Waals surface area contributed by atoms with E-state index in [1.54, 1.807) is 17.0 Å². The monoisotopic (exact) mass is 286 g/mol. The molecule has 3 N–H and O–H groups in total. The fraction of sp³-hybridized carbons (Fsp3) is 0.417. The maximum atomic E-state index is 10.7. The second kappa shape index (κ2) is 6.65. The summed E-state index contributed by atoms with van der Waals surface area (Å²) >= 11 is 0. The number of carbonyl (C=O) groups excluding carboxylic acids is 1. The Labute approximate surface area is 113 Å². The molecule has 0 spiro atoms. The van der Waals surface area contributed by atoms with Crippen LogP contribution >= 0.6 is 0 Å². The molecule has 1 aromatic rings. The van der Waals surface area contributed by atoms with Crippen molar-refractivity contribution in [3.63, 3.8) is 0 Å². The highest BCUT2D eigenvalue weighted by Crippen LogP contribution is 2.08. The van der Waals surface area contributed by atoms with Gasteiger partial charge in [-0.1, -0.05) is 17.7 Å². The zero-order valence-corrected chi connectivity index (χ0v) is 11.6. The number of aryl methyl sites for hydroxylation is 1. The lowest BCUT2D eigenvalue weighted by Gasteiger charge is -2.09. The van der Waals surface area contributed by atoms with Gasteiger partial charge in [-0.25, -0.2) is 0 Å². The predicted octanol–water partition coefficient (Wildman–Crippen LogP) is 0.767. The van der Waals surface area contributed by atoms with Gasteiger partial charge < -0.3 is 10.6 Å². The van der Waals surface area contributed by atoms with Crippen LogP contribution in [0.5, 0.6) is 0 Å². The van der Waals surface area contributed by atoms with E-state index in [2.05, 4.69) is 0 Å².